The molecule has 0 spiro atoms. The van der Waals surface area contributed by atoms with Crippen molar-refractivity contribution in [1.82, 2.24) is 14.6 Å². The third-order valence-corrected chi connectivity index (χ3v) is 7.41. The SMILES string of the molecule is CCN(CC)CCCS(=O)(=O)NC(=O)Cc1c(-c2ccnc(C#N)c2)cc(F)c2c1CCC2. The normalized spacial score (nSPS) is 13.1. The van der Waals surface area contributed by atoms with Gasteiger partial charge in [-0.25, -0.2) is 17.8 Å². The number of aromatic nitrogens is 1. The zero-order chi connectivity index (χ0) is 24.0. The van der Waals surface area contributed by atoms with E-state index in [1.54, 1.807) is 12.1 Å². The van der Waals surface area contributed by atoms with Crippen LogP contribution in [0.15, 0.2) is 24.4 Å². The fraction of sp³-hybridized carbons (Fsp3) is 0.458. The second kappa shape index (κ2) is 10.9. The second-order valence-corrected chi connectivity index (χ2v) is 9.98. The Labute approximate surface area is 194 Å². The summed E-state index contributed by atoms with van der Waals surface area (Å²) in [5.74, 6) is -1.13. The number of rotatable bonds is 10. The first-order valence-electron chi connectivity index (χ1n) is 11.2. The molecule has 1 aromatic carbocycles. The van der Waals surface area contributed by atoms with E-state index in [9.17, 15) is 22.9 Å². The van der Waals surface area contributed by atoms with Crippen molar-refractivity contribution in [2.45, 2.75) is 46.0 Å². The molecule has 1 heterocycles. The van der Waals surface area contributed by atoms with Gasteiger partial charge in [-0.3, -0.25) is 9.52 Å². The summed E-state index contributed by atoms with van der Waals surface area (Å²) in [4.78, 5) is 18.8. The van der Waals surface area contributed by atoms with Crippen molar-refractivity contribution in [3.05, 3.63) is 52.6 Å². The minimum Gasteiger partial charge on any atom is -0.304 e. The Hall–Kier alpha value is -2.83. The highest BCUT2D eigenvalue weighted by Gasteiger charge is 2.25. The van der Waals surface area contributed by atoms with Crippen molar-refractivity contribution in [3.8, 4) is 17.2 Å². The number of sulfonamides is 1. The molecule has 0 bridgehead atoms. The molecule has 0 atom stereocenters. The molecule has 2 aromatic rings. The molecular formula is C24H29FN4O3S. The molecule has 0 unspecified atom stereocenters. The van der Waals surface area contributed by atoms with Gasteiger partial charge in [0, 0.05) is 6.20 Å². The van der Waals surface area contributed by atoms with Crippen LogP contribution in [0.2, 0.25) is 0 Å². The lowest BCUT2D eigenvalue weighted by atomic mass is 9.90. The van der Waals surface area contributed by atoms with E-state index in [-0.39, 0.29) is 23.7 Å². The van der Waals surface area contributed by atoms with Crippen LogP contribution in [0, 0.1) is 17.1 Å². The molecule has 0 radical (unpaired) electrons. The standard InChI is InChI=1S/C24H29FN4O3S/c1-3-29(4-2)11-6-12-33(31,32)28-24(30)15-22-19-7-5-8-20(19)23(25)14-21(22)17-9-10-27-18(13-17)16-26/h9-10,13-14H,3-8,11-12,15H2,1-2H3,(H,28,30). The molecule has 0 saturated heterocycles. The van der Waals surface area contributed by atoms with Crippen molar-refractivity contribution < 1.29 is 17.6 Å². The number of hydrogen-bond acceptors (Lipinski definition) is 6. The van der Waals surface area contributed by atoms with Crippen LogP contribution in [0.4, 0.5) is 4.39 Å². The summed E-state index contributed by atoms with van der Waals surface area (Å²) in [5.41, 5.74) is 3.18. The molecule has 1 aliphatic carbocycles. The molecule has 1 aliphatic rings. The first-order valence-corrected chi connectivity index (χ1v) is 12.9. The Morgan fingerprint density at radius 2 is 1.97 bits per heavy atom. The van der Waals surface area contributed by atoms with E-state index in [4.69, 9.17) is 0 Å². The highest BCUT2D eigenvalue weighted by molar-refractivity contribution is 7.90. The summed E-state index contributed by atoms with van der Waals surface area (Å²) in [5, 5.41) is 9.18. The number of carbonyl (C=O) groups is 1. The van der Waals surface area contributed by atoms with Gasteiger partial charge in [-0.2, -0.15) is 5.26 Å². The molecule has 1 aromatic heterocycles. The van der Waals surface area contributed by atoms with Gasteiger partial charge in [0.25, 0.3) is 0 Å². The average molecular weight is 473 g/mol. The molecule has 0 aliphatic heterocycles. The second-order valence-electron chi connectivity index (χ2n) is 8.14. The number of halogens is 1. The van der Waals surface area contributed by atoms with Gasteiger partial charge in [-0.15, -0.1) is 0 Å². The maximum Gasteiger partial charge on any atom is 0.237 e. The summed E-state index contributed by atoms with van der Waals surface area (Å²) in [7, 11) is -3.78. The Bertz CT molecular complexity index is 1170. The van der Waals surface area contributed by atoms with Crippen molar-refractivity contribution >= 4 is 15.9 Å². The third-order valence-electron chi connectivity index (χ3n) is 6.04. The Morgan fingerprint density at radius 3 is 2.67 bits per heavy atom. The number of nitriles is 1. The number of fused-ring (bicyclic) bond motifs is 1. The molecule has 3 rings (SSSR count). The van der Waals surface area contributed by atoms with Gasteiger partial charge in [0.15, 0.2) is 0 Å². The van der Waals surface area contributed by atoms with Crippen LogP contribution in [0.3, 0.4) is 0 Å². The molecule has 33 heavy (non-hydrogen) atoms. The Kier molecular flexibility index (Phi) is 8.16. The van der Waals surface area contributed by atoms with Crippen LogP contribution in [0.25, 0.3) is 11.1 Å². The number of nitrogens with one attached hydrogen (secondary N) is 1. The quantitative estimate of drug-likeness (QED) is 0.570. The molecular weight excluding hydrogens is 443 g/mol. The first kappa shape index (κ1) is 24.8. The van der Waals surface area contributed by atoms with Crippen molar-refractivity contribution in [2.24, 2.45) is 0 Å². The minimum atomic E-state index is -3.78. The van der Waals surface area contributed by atoms with Crippen LogP contribution in [-0.4, -0.2) is 49.6 Å². The van der Waals surface area contributed by atoms with Crippen LogP contribution in [-0.2, 0) is 34.1 Å². The largest absolute Gasteiger partial charge is 0.304 e. The van der Waals surface area contributed by atoms with Crippen molar-refractivity contribution in [3.63, 3.8) is 0 Å². The number of nitrogens with zero attached hydrogens (tertiary/aromatic N) is 3. The van der Waals surface area contributed by atoms with Gasteiger partial charge in [0.1, 0.15) is 17.6 Å². The first-order chi connectivity index (χ1) is 15.8. The topological polar surface area (TPSA) is 103 Å². The average Bonchev–Trinajstić information content (AvgIpc) is 3.29. The monoisotopic (exact) mass is 472 g/mol. The molecule has 0 saturated carbocycles. The summed E-state index contributed by atoms with van der Waals surface area (Å²) in [6.07, 6.45) is 3.68. The van der Waals surface area contributed by atoms with Crippen LogP contribution >= 0.6 is 0 Å². The lowest BCUT2D eigenvalue weighted by Gasteiger charge is -2.18. The highest BCUT2D eigenvalue weighted by atomic mass is 32.2. The van der Waals surface area contributed by atoms with E-state index >= 15 is 0 Å². The molecule has 0 fully saturated rings. The van der Waals surface area contributed by atoms with Gasteiger partial charge >= 0.3 is 0 Å². The summed E-state index contributed by atoms with van der Waals surface area (Å²) in [6.45, 7) is 6.34. The van der Waals surface area contributed by atoms with E-state index in [2.05, 4.69) is 14.6 Å². The van der Waals surface area contributed by atoms with E-state index in [0.717, 1.165) is 25.1 Å². The Balaban J connectivity index is 1.83. The smallest absolute Gasteiger partial charge is 0.237 e. The summed E-state index contributed by atoms with van der Waals surface area (Å²) in [6, 6.07) is 6.54. The van der Waals surface area contributed by atoms with Crippen molar-refractivity contribution in [1.29, 1.82) is 5.26 Å². The molecule has 1 amide bonds. The van der Waals surface area contributed by atoms with E-state index in [1.165, 1.54) is 12.3 Å². The maximum atomic E-state index is 14.8. The highest BCUT2D eigenvalue weighted by Crippen LogP contribution is 2.36. The lowest BCUT2D eigenvalue weighted by Crippen LogP contribution is -2.35. The van der Waals surface area contributed by atoms with Crippen LogP contribution in [0.5, 0.6) is 0 Å². The van der Waals surface area contributed by atoms with E-state index < -0.39 is 15.9 Å². The van der Waals surface area contributed by atoms with Gasteiger partial charge < -0.3 is 4.90 Å². The van der Waals surface area contributed by atoms with Gasteiger partial charge in [0.05, 0.1) is 12.2 Å². The van der Waals surface area contributed by atoms with E-state index in [0.29, 0.717) is 48.1 Å². The number of amides is 1. The molecule has 176 valence electrons. The molecule has 7 nitrogen and oxygen atoms in total. The minimum absolute atomic E-state index is 0.139. The zero-order valence-corrected chi connectivity index (χ0v) is 19.8. The molecule has 9 heteroatoms. The maximum absolute atomic E-state index is 14.8. The number of pyridine rings is 1. The van der Waals surface area contributed by atoms with Crippen molar-refractivity contribution in [2.75, 3.05) is 25.4 Å². The van der Waals surface area contributed by atoms with Crippen LogP contribution in [0.1, 0.15) is 49.1 Å². The number of benzene rings is 1. The Morgan fingerprint density at radius 1 is 1.24 bits per heavy atom. The van der Waals surface area contributed by atoms with Gasteiger partial charge in [0.2, 0.25) is 15.9 Å². The fourth-order valence-corrected chi connectivity index (χ4v) is 5.39. The predicted octanol–water partition coefficient (Wildman–Crippen LogP) is 2.97. The summed E-state index contributed by atoms with van der Waals surface area (Å²) >= 11 is 0. The van der Waals surface area contributed by atoms with Gasteiger partial charge in [-0.1, -0.05) is 13.8 Å². The number of hydrogen-bond donors (Lipinski definition) is 1. The lowest BCUT2D eigenvalue weighted by molar-refractivity contribution is -0.118. The summed E-state index contributed by atoms with van der Waals surface area (Å²) < 4.78 is 41.9. The fourth-order valence-electron chi connectivity index (χ4n) is 4.36. The zero-order valence-electron chi connectivity index (χ0n) is 19.0. The number of carbonyl (C=O) groups excluding carboxylic acids is 1. The van der Waals surface area contributed by atoms with E-state index in [1.807, 2.05) is 19.9 Å². The van der Waals surface area contributed by atoms with Gasteiger partial charge in [-0.05, 0) is 91.3 Å². The van der Waals surface area contributed by atoms with Crippen LogP contribution < -0.4 is 4.72 Å². The third kappa shape index (κ3) is 6.15. The molecule has 1 N–H and O–H groups in total. The predicted molar refractivity (Wildman–Crippen MR) is 124 cm³/mol.